The summed E-state index contributed by atoms with van der Waals surface area (Å²) in [5.41, 5.74) is 2.29. The molecule has 0 fully saturated rings. The van der Waals surface area contributed by atoms with E-state index in [-0.39, 0.29) is 6.04 Å². The van der Waals surface area contributed by atoms with Crippen LogP contribution in [0.2, 0.25) is 0 Å². The number of nitrogens with zero attached hydrogens (tertiary/aromatic N) is 2. The number of halogens is 1. The Kier molecular flexibility index (Phi) is 5.05. The summed E-state index contributed by atoms with van der Waals surface area (Å²) < 4.78 is 8.93. The molecule has 2 aromatic heterocycles. The SMILES string of the molecule is CCc1ccc(C(Cc2c(Br)c(CC)nn2C)NC)o1. The topological polar surface area (TPSA) is 43.0 Å². The molecular weight excluding hydrogens is 318 g/mol. The van der Waals surface area contributed by atoms with Gasteiger partial charge in [-0.25, -0.2) is 0 Å². The van der Waals surface area contributed by atoms with Crippen molar-refractivity contribution in [2.45, 2.75) is 39.2 Å². The minimum Gasteiger partial charge on any atom is -0.464 e. The Hall–Kier alpha value is -1.07. The van der Waals surface area contributed by atoms with E-state index in [0.717, 1.165) is 40.9 Å². The molecule has 1 unspecified atom stereocenters. The lowest BCUT2D eigenvalue weighted by Gasteiger charge is -2.14. The Morgan fingerprint density at radius 2 is 2.10 bits per heavy atom. The van der Waals surface area contributed by atoms with Gasteiger partial charge in [-0.3, -0.25) is 4.68 Å². The second-order valence-corrected chi connectivity index (χ2v) is 5.68. The number of nitrogens with one attached hydrogen (secondary N) is 1. The van der Waals surface area contributed by atoms with E-state index in [1.165, 1.54) is 5.69 Å². The third kappa shape index (κ3) is 2.99. The van der Waals surface area contributed by atoms with Crippen molar-refractivity contribution in [1.29, 1.82) is 0 Å². The summed E-state index contributed by atoms with van der Waals surface area (Å²) >= 11 is 3.67. The van der Waals surface area contributed by atoms with Crippen molar-refractivity contribution < 1.29 is 4.42 Å². The Balaban J connectivity index is 2.24. The molecule has 110 valence electrons. The highest BCUT2D eigenvalue weighted by Crippen LogP contribution is 2.27. The Morgan fingerprint density at radius 3 is 2.60 bits per heavy atom. The molecule has 0 amide bonds. The first-order valence-corrected chi connectivity index (χ1v) is 7.86. The molecule has 20 heavy (non-hydrogen) atoms. The van der Waals surface area contributed by atoms with Crippen molar-refractivity contribution in [3.63, 3.8) is 0 Å². The zero-order valence-electron chi connectivity index (χ0n) is 12.5. The maximum absolute atomic E-state index is 5.86. The molecule has 1 N–H and O–H groups in total. The van der Waals surface area contributed by atoms with Crippen molar-refractivity contribution in [2.24, 2.45) is 7.05 Å². The summed E-state index contributed by atoms with van der Waals surface area (Å²) in [6.07, 6.45) is 2.70. The van der Waals surface area contributed by atoms with Crippen LogP contribution in [-0.4, -0.2) is 16.8 Å². The second kappa shape index (κ2) is 6.59. The van der Waals surface area contributed by atoms with Crippen molar-refractivity contribution >= 4 is 15.9 Å². The van der Waals surface area contributed by atoms with Gasteiger partial charge in [0.25, 0.3) is 0 Å². The fourth-order valence-corrected chi connectivity index (χ4v) is 3.13. The number of likely N-dealkylation sites (N-methyl/N-ethyl adjacent to an activating group) is 1. The number of hydrogen-bond donors (Lipinski definition) is 1. The van der Waals surface area contributed by atoms with E-state index in [1.807, 2.05) is 18.8 Å². The van der Waals surface area contributed by atoms with Crippen LogP contribution in [0.1, 0.15) is 42.8 Å². The van der Waals surface area contributed by atoms with E-state index in [1.54, 1.807) is 0 Å². The molecule has 0 aliphatic carbocycles. The first-order valence-electron chi connectivity index (χ1n) is 7.06. The normalized spacial score (nSPS) is 12.8. The molecule has 0 bridgehead atoms. The van der Waals surface area contributed by atoms with E-state index in [4.69, 9.17) is 4.42 Å². The van der Waals surface area contributed by atoms with Gasteiger partial charge < -0.3 is 9.73 Å². The predicted molar refractivity (Wildman–Crippen MR) is 83.9 cm³/mol. The summed E-state index contributed by atoms with van der Waals surface area (Å²) in [5, 5.41) is 7.87. The molecule has 0 radical (unpaired) electrons. The van der Waals surface area contributed by atoms with Crippen molar-refractivity contribution in [1.82, 2.24) is 15.1 Å². The van der Waals surface area contributed by atoms with E-state index < -0.39 is 0 Å². The van der Waals surface area contributed by atoms with Crippen LogP contribution in [0.3, 0.4) is 0 Å². The summed E-state index contributed by atoms with van der Waals surface area (Å²) in [7, 11) is 3.95. The van der Waals surface area contributed by atoms with Gasteiger partial charge in [-0.05, 0) is 41.5 Å². The maximum atomic E-state index is 5.86. The lowest BCUT2D eigenvalue weighted by Crippen LogP contribution is -2.19. The fraction of sp³-hybridized carbons (Fsp3) is 0.533. The van der Waals surface area contributed by atoms with Crippen LogP contribution in [0.4, 0.5) is 0 Å². The Bertz CT molecular complexity index is 574. The minimum absolute atomic E-state index is 0.159. The summed E-state index contributed by atoms with van der Waals surface area (Å²) in [4.78, 5) is 0. The Labute approximate surface area is 128 Å². The number of furan rings is 1. The number of hydrogen-bond acceptors (Lipinski definition) is 3. The monoisotopic (exact) mass is 339 g/mol. The number of aryl methyl sites for hydroxylation is 3. The average molecular weight is 340 g/mol. The molecule has 0 saturated heterocycles. The lowest BCUT2D eigenvalue weighted by molar-refractivity contribution is 0.402. The zero-order valence-corrected chi connectivity index (χ0v) is 14.1. The second-order valence-electron chi connectivity index (χ2n) is 4.89. The smallest absolute Gasteiger partial charge is 0.121 e. The standard InChI is InChI=1S/C15H22BrN3O/c1-5-10-7-8-14(20-10)12(17-3)9-13-15(16)11(6-2)18-19(13)4/h7-8,12,17H,5-6,9H2,1-4H3. The molecule has 0 spiro atoms. The van der Waals surface area contributed by atoms with Gasteiger partial charge in [0.2, 0.25) is 0 Å². The zero-order chi connectivity index (χ0) is 14.7. The first kappa shape index (κ1) is 15.3. The van der Waals surface area contributed by atoms with Gasteiger partial charge in [-0.1, -0.05) is 13.8 Å². The number of aromatic nitrogens is 2. The molecule has 0 aliphatic heterocycles. The van der Waals surface area contributed by atoms with Crippen LogP contribution in [0.5, 0.6) is 0 Å². The minimum atomic E-state index is 0.159. The van der Waals surface area contributed by atoms with Crippen molar-refractivity contribution in [3.05, 3.63) is 39.5 Å². The van der Waals surface area contributed by atoms with Gasteiger partial charge in [0, 0.05) is 19.9 Å². The van der Waals surface area contributed by atoms with E-state index >= 15 is 0 Å². The fourth-order valence-electron chi connectivity index (χ4n) is 2.35. The number of rotatable bonds is 6. The quantitative estimate of drug-likeness (QED) is 0.876. The van der Waals surface area contributed by atoms with Crippen LogP contribution >= 0.6 is 15.9 Å². The molecule has 4 nitrogen and oxygen atoms in total. The van der Waals surface area contributed by atoms with Crippen molar-refractivity contribution in [3.8, 4) is 0 Å². The van der Waals surface area contributed by atoms with Gasteiger partial charge in [0.15, 0.2) is 0 Å². The van der Waals surface area contributed by atoms with Crippen LogP contribution in [-0.2, 0) is 26.3 Å². The summed E-state index contributed by atoms with van der Waals surface area (Å²) in [5.74, 6) is 2.01. The highest BCUT2D eigenvalue weighted by Gasteiger charge is 2.20. The molecule has 5 heteroatoms. The predicted octanol–water partition coefficient (Wildman–Crippen LogP) is 3.40. The summed E-state index contributed by atoms with van der Waals surface area (Å²) in [6, 6.07) is 4.27. The van der Waals surface area contributed by atoms with Crippen LogP contribution in [0, 0.1) is 0 Å². The third-order valence-corrected chi connectivity index (χ3v) is 4.54. The third-order valence-electron chi connectivity index (χ3n) is 3.62. The lowest BCUT2D eigenvalue weighted by atomic mass is 10.1. The van der Waals surface area contributed by atoms with E-state index in [0.29, 0.717) is 0 Å². The van der Waals surface area contributed by atoms with Gasteiger partial charge in [0.1, 0.15) is 11.5 Å². The molecular formula is C15H22BrN3O. The summed E-state index contributed by atoms with van der Waals surface area (Å²) in [6.45, 7) is 4.22. The van der Waals surface area contributed by atoms with Crippen LogP contribution < -0.4 is 5.32 Å². The first-order chi connectivity index (χ1) is 9.60. The maximum Gasteiger partial charge on any atom is 0.121 e. The molecule has 1 atom stereocenters. The van der Waals surface area contributed by atoms with Crippen LogP contribution in [0.15, 0.2) is 21.0 Å². The van der Waals surface area contributed by atoms with E-state index in [2.05, 4.69) is 52.3 Å². The highest BCUT2D eigenvalue weighted by atomic mass is 79.9. The van der Waals surface area contributed by atoms with E-state index in [9.17, 15) is 0 Å². The molecule has 2 aromatic rings. The molecule has 0 aromatic carbocycles. The van der Waals surface area contributed by atoms with Gasteiger partial charge in [-0.2, -0.15) is 5.10 Å². The molecule has 2 rings (SSSR count). The van der Waals surface area contributed by atoms with Crippen molar-refractivity contribution in [2.75, 3.05) is 7.05 Å². The molecule has 0 saturated carbocycles. The average Bonchev–Trinajstić information content (AvgIpc) is 3.02. The Morgan fingerprint density at radius 1 is 1.35 bits per heavy atom. The highest BCUT2D eigenvalue weighted by molar-refractivity contribution is 9.10. The molecule has 0 aliphatic rings. The van der Waals surface area contributed by atoms with Gasteiger partial charge in [-0.15, -0.1) is 0 Å². The van der Waals surface area contributed by atoms with Gasteiger partial charge in [0.05, 0.1) is 21.9 Å². The largest absolute Gasteiger partial charge is 0.464 e. The van der Waals surface area contributed by atoms with Crippen LogP contribution in [0.25, 0.3) is 0 Å². The van der Waals surface area contributed by atoms with Gasteiger partial charge >= 0.3 is 0 Å². The molecule has 2 heterocycles.